The standard InChI is InChI=1S/C10H9F2N3O2/c1-17-7-4-2-3-6(5-7)15-10(16)13-9(14-15)8(11)12/h2-5,8H,1H3,(H,13,14,16). The minimum Gasteiger partial charge on any atom is -0.497 e. The van der Waals surface area contributed by atoms with Gasteiger partial charge in [-0.15, -0.1) is 5.10 Å². The molecule has 0 atom stereocenters. The molecule has 0 unspecified atom stereocenters. The van der Waals surface area contributed by atoms with Gasteiger partial charge in [-0.1, -0.05) is 6.07 Å². The summed E-state index contributed by atoms with van der Waals surface area (Å²) in [6, 6.07) is 6.41. The van der Waals surface area contributed by atoms with Crippen LogP contribution in [0.25, 0.3) is 5.69 Å². The third-order valence-corrected chi connectivity index (χ3v) is 2.14. The first-order chi connectivity index (χ1) is 8.11. The van der Waals surface area contributed by atoms with Crippen molar-refractivity contribution in [2.24, 2.45) is 0 Å². The summed E-state index contributed by atoms with van der Waals surface area (Å²) in [5.41, 5.74) is -0.356. The molecular weight excluding hydrogens is 232 g/mol. The fourth-order valence-corrected chi connectivity index (χ4v) is 1.36. The molecule has 1 aromatic heterocycles. The molecule has 5 nitrogen and oxygen atoms in total. The highest BCUT2D eigenvalue weighted by Gasteiger charge is 2.15. The Balaban J connectivity index is 2.49. The highest BCUT2D eigenvalue weighted by Crippen LogP contribution is 2.16. The van der Waals surface area contributed by atoms with Crippen molar-refractivity contribution >= 4 is 0 Å². The van der Waals surface area contributed by atoms with E-state index in [1.165, 1.54) is 13.2 Å². The predicted octanol–water partition coefficient (Wildman–Crippen LogP) is 1.51. The summed E-state index contributed by atoms with van der Waals surface area (Å²) in [6.07, 6.45) is -2.81. The van der Waals surface area contributed by atoms with Gasteiger partial charge in [0.25, 0.3) is 6.43 Å². The van der Waals surface area contributed by atoms with Crippen LogP contribution in [0.5, 0.6) is 5.75 Å². The van der Waals surface area contributed by atoms with Gasteiger partial charge in [0.15, 0.2) is 5.82 Å². The molecule has 0 aliphatic carbocycles. The van der Waals surface area contributed by atoms with Crippen LogP contribution in [0.2, 0.25) is 0 Å². The molecule has 0 saturated heterocycles. The molecule has 0 amide bonds. The summed E-state index contributed by atoms with van der Waals surface area (Å²) in [7, 11) is 1.47. The zero-order chi connectivity index (χ0) is 12.4. The minimum atomic E-state index is -2.81. The van der Waals surface area contributed by atoms with Crippen LogP contribution in [-0.4, -0.2) is 21.9 Å². The van der Waals surface area contributed by atoms with Crippen LogP contribution in [0.3, 0.4) is 0 Å². The van der Waals surface area contributed by atoms with Crippen molar-refractivity contribution in [3.8, 4) is 11.4 Å². The fraction of sp³-hybridized carbons (Fsp3) is 0.200. The minimum absolute atomic E-state index is 0.359. The lowest BCUT2D eigenvalue weighted by molar-refractivity contribution is 0.140. The molecule has 0 spiro atoms. The van der Waals surface area contributed by atoms with E-state index in [0.717, 1.165) is 4.68 Å². The Morgan fingerprint density at radius 2 is 2.24 bits per heavy atom. The first-order valence-corrected chi connectivity index (χ1v) is 4.73. The highest BCUT2D eigenvalue weighted by atomic mass is 19.3. The molecule has 0 bridgehead atoms. The second-order valence-corrected chi connectivity index (χ2v) is 3.23. The summed E-state index contributed by atoms with van der Waals surface area (Å²) in [5, 5.41) is 3.50. The summed E-state index contributed by atoms with van der Waals surface area (Å²) in [5.74, 6) is -0.145. The maximum Gasteiger partial charge on any atom is 0.348 e. The number of halogens is 2. The molecule has 90 valence electrons. The van der Waals surface area contributed by atoms with Crippen molar-refractivity contribution in [1.29, 1.82) is 0 Å². The van der Waals surface area contributed by atoms with E-state index in [9.17, 15) is 13.6 Å². The van der Waals surface area contributed by atoms with E-state index in [-0.39, 0.29) is 0 Å². The van der Waals surface area contributed by atoms with Gasteiger partial charge in [-0.3, -0.25) is 4.98 Å². The van der Waals surface area contributed by atoms with Gasteiger partial charge in [0, 0.05) is 6.07 Å². The van der Waals surface area contributed by atoms with Crippen LogP contribution in [0.1, 0.15) is 12.2 Å². The van der Waals surface area contributed by atoms with Crippen molar-refractivity contribution in [2.75, 3.05) is 7.11 Å². The van der Waals surface area contributed by atoms with Crippen molar-refractivity contribution in [1.82, 2.24) is 14.8 Å². The summed E-state index contributed by atoms with van der Waals surface area (Å²) >= 11 is 0. The number of aromatic amines is 1. The number of H-pyrrole nitrogens is 1. The molecule has 2 rings (SSSR count). The Hall–Kier alpha value is -2.18. The van der Waals surface area contributed by atoms with E-state index < -0.39 is 17.9 Å². The van der Waals surface area contributed by atoms with Crippen LogP contribution >= 0.6 is 0 Å². The van der Waals surface area contributed by atoms with Gasteiger partial charge < -0.3 is 4.74 Å². The Kier molecular flexibility index (Phi) is 2.90. The molecule has 1 N–H and O–H groups in total. The van der Waals surface area contributed by atoms with Crippen molar-refractivity contribution in [3.05, 3.63) is 40.6 Å². The molecule has 2 aromatic rings. The second kappa shape index (κ2) is 4.36. The molecule has 1 heterocycles. The first kappa shape index (κ1) is 11.3. The maximum atomic E-state index is 12.4. The average molecular weight is 241 g/mol. The third-order valence-electron chi connectivity index (χ3n) is 2.14. The van der Waals surface area contributed by atoms with Gasteiger partial charge in [-0.05, 0) is 12.1 Å². The number of benzene rings is 1. The normalized spacial score (nSPS) is 10.8. The molecule has 1 aromatic carbocycles. The average Bonchev–Trinajstić information content (AvgIpc) is 2.72. The van der Waals surface area contributed by atoms with Gasteiger partial charge in [0.2, 0.25) is 0 Å². The van der Waals surface area contributed by atoms with Crippen LogP contribution < -0.4 is 10.4 Å². The van der Waals surface area contributed by atoms with Crippen LogP contribution in [0.15, 0.2) is 29.1 Å². The summed E-state index contributed by atoms with van der Waals surface area (Å²) < 4.78 is 30.5. The van der Waals surface area contributed by atoms with Crippen LogP contribution in [0.4, 0.5) is 8.78 Å². The Morgan fingerprint density at radius 1 is 1.47 bits per heavy atom. The van der Waals surface area contributed by atoms with E-state index in [0.29, 0.717) is 11.4 Å². The molecular formula is C10H9F2N3O2. The number of aromatic nitrogens is 3. The Labute approximate surface area is 94.7 Å². The number of nitrogens with zero attached hydrogens (tertiary/aromatic N) is 2. The number of rotatable bonds is 3. The van der Waals surface area contributed by atoms with E-state index >= 15 is 0 Å². The smallest absolute Gasteiger partial charge is 0.348 e. The zero-order valence-electron chi connectivity index (χ0n) is 8.85. The molecule has 7 heteroatoms. The van der Waals surface area contributed by atoms with Gasteiger partial charge in [-0.25, -0.2) is 13.6 Å². The Morgan fingerprint density at radius 3 is 2.82 bits per heavy atom. The maximum absolute atomic E-state index is 12.4. The molecule has 0 fully saturated rings. The monoisotopic (exact) mass is 241 g/mol. The van der Waals surface area contributed by atoms with E-state index in [2.05, 4.69) is 5.10 Å². The SMILES string of the molecule is COc1cccc(-n2nc(C(F)F)[nH]c2=O)c1. The molecule has 0 aliphatic rings. The lowest BCUT2D eigenvalue weighted by atomic mass is 10.3. The van der Waals surface area contributed by atoms with E-state index in [4.69, 9.17) is 4.74 Å². The predicted molar refractivity (Wildman–Crippen MR) is 55.7 cm³/mol. The number of ether oxygens (including phenoxy) is 1. The lowest BCUT2D eigenvalue weighted by Gasteiger charge is -2.02. The Bertz CT molecular complexity index is 577. The van der Waals surface area contributed by atoms with Crippen LogP contribution in [-0.2, 0) is 0 Å². The molecule has 17 heavy (non-hydrogen) atoms. The lowest BCUT2D eigenvalue weighted by Crippen LogP contribution is -2.15. The quantitative estimate of drug-likeness (QED) is 0.885. The van der Waals surface area contributed by atoms with Crippen molar-refractivity contribution in [2.45, 2.75) is 6.43 Å². The first-order valence-electron chi connectivity index (χ1n) is 4.73. The van der Waals surface area contributed by atoms with E-state index in [1.807, 2.05) is 4.98 Å². The summed E-state index contributed by atoms with van der Waals surface area (Å²) in [6.45, 7) is 0. The second-order valence-electron chi connectivity index (χ2n) is 3.23. The molecule has 0 saturated carbocycles. The number of hydrogen-bond acceptors (Lipinski definition) is 3. The number of nitrogens with one attached hydrogen (secondary N) is 1. The number of methoxy groups -OCH3 is 1. The van der Waals surface area contributed by atoms with E-state index in [1.54, 1.807) is 18.2 Å². The van der Waals surface area contributed by atoms with Crippen molar-refractivity contribution in [3.63, 3.8) is 0 Å². The largest absolute Gasteiger partial charge is 0.497 e. The van der Waals surface area contributed by atoms with Crippen LogP contribution in [0, 0.1) is 0 Å². The van der Waals surface area contributed by atoms with Gasteiger partial charge in [-0.2, -0.15) is 4.68 Å². The van der Waals surface area contributed by atoms with Gasteiger partial charge >= 0.3 is 5.69 Å². The van der Waals surface area contributed by atoms with Gasteiger partial charge in [0.1, 0.15) is 5.75 Å². The third kappa shape index (κ3) is 2.17. The molecule has 0 aliphatic heterocycles. The zero-order valence-corrected chi connectivity index (χ0v) is 8.85. The fourth-order valence-electron chi connectivity index (χ4n) is 1.36. The van der Waals surface area contributed by atoms with Crippen molar-refractivity contribution < 1.29 is 13.5 Å². The van der Waals surface area contributed by atoms with Gasteiger partial charge in [0.05, 0.1) is 12.8 Å². The topological polar surface area (TPSA) is 59.9 Å². The summed E-state index contributed by atoms with van der Waals surface area (Å²) in [4.78, 5) is 13.4. The number of alkyl halides is 2. The number of hydrogen-bond donors (Lipinski definition) is 1. The molecule has 0 radical (unpaired) electrons. The highest BCUT2D eigenvalue weighted by molar-refractivity contribution is 5.38.